The Morgan fingerprint density at radius 3 is 2.93 bits per heavy atom. The van der Waals surface area contributed by atoms with Gasteiger partial charge in [-0.15, -0.1) is 0 Å². The number of aromatic nitrogens is 1. The molecule has 0 aromatic carbocycles. The van der Waals surface area contributed by atoms with Crippen LogP contribution >= 0.6 is 0 Å². The van der Waals surface area contributed by atoms with Gasteiger partial charge in [-0.05, 0) is 30.5 Å². The van der Waals surface area contributed by atoms with Gasteiger partial charge >= 0.3 is 0 Å². The summed E-state index contributed by atoms with van der Waals surface area (Å²) in [6, 6.07) is 3.79. The van der Waals surface area contributed by atoms with Gasteiger partial charge in [-0.3, -0.25) is 9.88 Å². The zero-order chi connectivity index (χ0) is 10.9. The fourth-order valence-electron chi connectivity index (χ4n) is 2.17. The zero-order valence-electron chi connectivity index (χ0n) is 9.53. The van der Waals surface area contributed by atoms with Crippen molar-refractivity contribution in [2.45, 2.75) is 26.8 Å². The monoisotopic (exact) mass is 205 g/mol. The molecule has 1 aromatic heterocycles. The molecule has 3 heteroatoms. The average molecular weight is 205 g/mol. The number of nitrogen functional groups attached to an aromatic ring is 1. The van der Waals surface area contributed by atoms with E-state index in [0.29, 0.717) is 5.41 Å². The van der Waals surface area contributed by atoms with Gasteiger partial charge in [-0.25, -0.2) is 0 Å². The second-order valence-electron chi connectivity index (χ2n) is 5.21. The third-order valence-corrected chi connectivity index (χ3v) is 2.98. The number of pyridine rings is 1. The molecular weight excluding hydrogens is 186 g/mol. The van der Waals surface area contributed by atoms with E-state index in [9.17, 15) is 0 Å². The van der Waals surface area contributed by atoms with E-state index >= 15 is 0 Å². The van der Waals surface area contributed by atoms with Crippen LogP contribution in [-0.4, -0.2) is 23.0 Å². The molecule has 0 radical (unpaired) electrons. The summed E-state index contributed by atoms with van der Waals surface area (Å²) in [6.45, 7) is 7.89. The average Bonchev–Trinajstić information content (AvgIpc) is 2.45. The standard InChI is InChI=1S/C12H19N3/c1-12(2)4-6-15(9-12)8-11-7-10(13)3-5-14-11/h3,5,7H,4,6,8-9H2,1-2H3,(H2,13,14). The van der Waals surface area contributed by atoms with Gasteiger partial charge < -0.3 is 5.73 Å². The highest BCUT2D eigenvalue weighted by molar-refractivity contribution is 5.37. The topological polar surface area (TPSA) is 42.1 Å². The minimum Gasteiger partial charge on any atom is -0.399 e. The third kappa shape index (κ3) is 2.69. The highest BCUT2D eigenvalue weighted by atomic mass is 15.2. The lowest BCUT2D eigenvalue weighted by molar-refractivity contribution is 0.282. The lowest BCUT2D eigenvalue weighted by atomic mass is 9.93. The van der Waals surface area contributed by atoms with E-state index in [4.69, 9.17) is 5.73 Å². The van der Waals surface area contributed by atoms with Crippen molar-refractivity contribution in [1.29, 1.82) is 0 Å². The molecule has 15 heavy (non-hydrogen) atoms. The normalized spacial score (nSPS) is 20.7. The van der Waals surface area contributed by atoms with Crippen molar-refractivity contribution in [3.63, 3.8) is 0 Å². The highest BCUT2D eigenvalue weighted by Gasteiger charge is 2.28. The Morgan fingerprint density at radius 1 is 1.53 bits per heavy atom. The lowest BCUT2D eigenvalue weighted by Gasteiger charge is -2.19. The lowest BCUT2D eigenvalue weighted by Crippen LogP contribution is -2.23. The van der Waals surface area contributed by atoms with Crippen molar-refractivity contribution in [3.8, 4) is 0 Å². The summed E-state index contributed by atoms with van der Waals surface area (Å²) in [7, 11) is 0. The van der Waals surface area contributed by atoms with Crippen LogP contribution in [-0.2, 0) is 6.54 Å². The summed E-state index contributed by atoms with van der Waals surface area (Å²) in [5.74, 6) is 0. The fraction of sp³-hybridized carbons (Fsp3) is 0.583. The van der Waals surface area contributed by atoms with E-state index in [2.05, 4.69) is 23.7 Å². The predicted molar refractivity (Wildman–Crippen MR) is 62.3 cm³/mol. The van der Waals surface area contributed by atoms with Gasteiger partial charge in [0.2, 0.25) is 0 Å². The molecule has 3 nitrogen and oxygen atoms in total. The number of rotatable bonds is 2. The molecule has 0 atom stereocenters. The van der Waals surface area contributed by atoms with Gasteiger partial charge in [0.15, 0.2) is 0 Å². The van der Waals surface area contributed by atoms with E-state index in [-0.39, 0.29) is 0 Å². The van der Waals surface area contributed by atoms with Crippen LogP contribution in [0.3, 0.4) is 0 Å². The summed E-state index contributed by atoms with van der Waals surface area (Å²) in [5.41, 5.74) is 8.07. The van der Waals surface area contributed by atoms with Crippen LogP contribution in [0, 0.1) is 5.41 Å². The van der Waals surface area contributed by atoms with Crippen LogP contribution in [0.1, 0.15) is 26.0 Å². The minimum atomic E-state index is 0.459. The molecule has 2 heterocycles. The Kier molecular flexibility index (Phi) is 2.65. The molecule has 2 rings (SSSR count). The first-order valence-corrected chi connectivity index (χ1v) is 5.48. The third-order valence-electron chi connectivity index (χ3n) is 2.98. The Labute approximate surface area is 91.3 Å². The second kappa shape index (κ2) is 3.81. The van der Waals surface area contributed by atoms with Crippen molar-refractivity contribution in [3.05, 3.63) is 24.0 Å². The van der Waals surface area contributed by atoms with Crippen LogP contribution in [0.15, 0.2) is 18.3 Å². The molecule has 0 saturated carbocycles. The maximum absolute atomic E-state index is 5.73. The predicted octanol–water partition coefficient (Wildman–Crippen LogP) is 1.90. The molecule has 2 N–H and O–H groups in total. The molecule has 82 valence electrons. The van der Waals surface area contributed by atoms with Crippen LogP contribution in [0.2, 0.25) is 0 Å². The number of hydrogen-bond acceptors (Lipinski definition) is 3. The van der Waals surface area contributed by atoms with Crippen LogP contribution in [0.4, 0.5) is 5.69 Å². The second-order valence-corrected chi connectivity index (χ2v) is 5.21. The van der Waals surface area contributed by atoms with E-state index < -0.39 is 0 Å². The number of anilines is 1. The molecule has 0 spiro atoms. The number of likely N-dealkylation sites (tertiary alicyclic amines) is 1. The maximum atomic E-state index is 5.73. The molecular formula is C12H19N3. The largest absolute Gasteiger partial charge is 0.399 e. The Morgan fingerprint density at radius 2 is 2.33 bits per heavy atom. The summed E-state index contributed by atoms with van der Waals surface area (Å²) in [4.78, 5) is 6.78. The van der Waals surface area contributed by atoms with E-state index in [1.54, 1.807) is 6.20 Å². The molecule has 0 bridgehead atoms. The van der Waals surface area contributed by atoms with Gasteiger partial charge in [0.1, 0.15) is 0 Å². The highest BCUT2D eigenvalue weighted by Crippen LogP contribution is 2.29. The van der Waals surface area contributed by atoms with Crippen molar-refractivity contribution in [2.75, 3.05) is 18.8 Å². The maximum Gasteiger partial charge on any atom is 0.0564 e. The molecule has 0 unspecified atom stereocenters. The van der Waals surface area contributed by atoms with Gasteiger partial charge in [0, 0.05) is 25.0 Å². The van der Waals surface area contributed by atoms with Crippen molar-refractivity contribution >= 4 is 5.69 Å². The molecule has 1 fully saturated rings. The van der Waals surface area contributed by atoms with Gasteiger partial charge in [-0.1, -0.05) is 13.8 Å². The molecule has 0 amide bonds. The van der Waals surface area contributed by atoms with E-state index in [1.165, 1.54) is 13.0 Å². The molecule has 1 aliphatic rings. The summed E-state index contributed by atoms with van der Waals surface area (Å²) < 4.78 is 0. The Bertz CT molecular complexity index is 346. The van der Waals surface area contributed by atoms with Crippen LogP contribution < -0.4 is 5.73 Å². The van der Waals surface area contributed by atoms with Crippen molar-refractivity contribution in [2.24, 2.45) is 5.41 Å². The van der Waals surface area contributed by atoms with Gasteiger partial charge in [-0.2, -0.15) is 0 Å². The molecule has 1 saturated heterocycles. The zero-order valence-corrected chi connectivity index (χ0v) is 9.53. The number of nitrogens with two attached hydrogens (primary N) is 1. The summed E-state index contributed by atoms with van der Waals surface area (Å²) >= 11 is 0. The van der Waals surface area contributed by atoms with E-state index in [0.717, 1.165) is 24.5 Å². The first-order valence-electron chi connectivity index (χ1n) is 5.48. The summed E-state index contributed by atoms with van der Waals surface area (Å²) in [6.07, 6.45) is 3.06. The van der Waals surface area contributed by atoms with Crippen LogP contribution in [0.25, 0.3) is 0 Å². The quantitative estimate of drug-likeness (QED) is 0.801. The number of nitrogens with zero attached hydrogens (tertiary/aromatic N) is 2. The fourth-order valence-corrected chi connectivity index (χ4v) is 2.17. The molecule has 0 aliphatic carbocycles. The number of hydrogen-bond donors (Lipinski definition) is 1. The van der Waals surface area contributed by atoms with Gasteiger partial charge in [0.25, 0.3) is 0 Å². The van der Waals surface area contributed by atoms with Crippen molar-refractivity contribution in [1.82, 2.24) is 9.88 Å². The molecule has 1 aromatic rings. The first-order chi connectivity index (χ1) is 7.05. The first kappa shape index (κ1) is 10.4. The van der Waals surface area contributed by atoms with Crippen molar-refractivity contribution < 1.29 is 0 Å². The SMILES string of the molecule is CC1(C)CCN(Cc2cc(N)ccn2)C1. The van der Waals surface area contributed by atoms with Gasteiger partial charge in [0.05, 0.1) is 5.69 Å². The molecule has 1 aliphatic heterocycles. The van der Waals surface area contributed by atoms with E-state index in [1.807, 2.05) is 12.1 Å². The Hall–Kier alpha value is -1.09. The van der Waals surface area contributed by atoms with Crippen LogP contribution in [0.5, 0.6) is 0 Å². The smallest absolute Gasteiger partial charge is 0.0564 e. The summed E-state index contributed by atoms with van der Waals surface area (Å²) in [5, 5.41) is 0. The Balaban J connectivity index is 1.99. The minimum absolute atomic E-state index is 0.459.